The number of aromatic amines is 1. The van der Waals surface area contributed by atoms with Crippen molar-refractivity contribution in [3.05, 3.63) is 68.9 Å². The van der Waals surface area contributed by atoms with Gasteiger partial charge in [-0.2, -0.15) is 0 Å². The highest BCUT2D eigenvalue weighted by Gasteiger charge is 2.31. The molecule has 1 amide bonds. The number of amides is 1. The summed E-state index contributed by atoms with van der Waals surface area (Å²) in [4.78, 5) is 34.3. The standard InChI is InChI=1S/C20H20BrN3O3Si/c21-14-8-9-15-16(11-14)22-19(23-18(15)25)28-17-7-4-10-24(17)20(26)27-12-13-5-2-1-3-6-13/h1-3,5-6,8-9,11,17H,4,7,10,12,28H2,(H,22,23,25). The monoisotopic (exact) mass is 457 g/mol. The number of rotatable bonds is 4. The summed E-state index contributed by atoms with van der Waals surface area (Å²) in [5.74, 6) is 0. The van der Waals surface area contributed by atoms with Crippen LogP contribution in [-0.2, 0) is 11.3 Å². The van der Waals surface area contributed by atoms with Gasteiger partial charge in [0.25, 0.3) is 5.56 Å². The molecule has 4 rings (SSSR count). The fraction of sp³-hybridized carbons (Fsp3) is 0.250. The number of carbonyl (C=O) groups excluding carboxylic acids is 1. The van der Waals surface area contributed by atoms with E-state index >= 15 is 0 Å². The fourth-order valence-electron chi connectivity index (χ4n) is 3.57. The summed E-state index contributed by atoms with van der Waals surface area (Å²) in [6.07, 6.45) is 1.58. The lowest BCUT2D eigenvalue weighted by molar-refractivity contribution is 0.100. The number of aromatic nitrogens is 2. The molecule has 144 valence electrons. The van der Waals surface area contributed by atoms with Crippen molar-refractivity contribution in [3.63, 3.8) is 0 Å². The lowest BCUT2D eigenvalue weighted by atomic mass is 10.2. The van der Waals surface area contributed by atoms with E-state index in [1.807, 2.05) is 42.5 Å². The van der Waals surface area contributed by atoms with Crippen LogP contribution in [0.2, 0.25) is 0 Å². The maximum absolute atomic E-state index is 12.6. The molecule has 1 aliphatic heterocycles. The number of hydrogen-bond acceptors (Lipinski definition) is 4. The Morgan fingerprint density at radius 2 is 2.11 bits per heavy atom. The van der Waals surface area contributed by atoms with Crippen molar-refractivity contribution in [1.29, 1.82) is 0 Å². The lowest BCUT2D eigenvalue weighted by Gasteiger charge is -2.23. The highest BCUT2D eigenvalue weighted by atomic mass is 79.9. The molecule has 1 N–H and O–H groups in total. The van der Waals surface area contributed by atoms with Crippen molar-refractivity contribution in [2.24, 2.45) is 0 Å². The van der Waals surface area contributed by atoms with Gasteiger partial charge < -0.3 is 14.6 Å². The van der Waals surface area contributed by atoms with Gasteiger partial charge in [0.15, 0.2) is 0 Å². The van der Waals surface area contributed by atoms with Gasteiger partial charge >= 0.3 is 6.09 Å². The Hall–Kier alpha value is -2.45. The van der Waals surface area contributed by atoms with Crippen molar-refractivity contribution in [1.82, 2.24) is 14.9 Å². The minimum atomic E-state index is -0.984. The summed E-state index contributed by atoms with van der Waals surface area (Å²) in [6, 6.07) is 15.1. The summed E-state index contributed by atoms with van der Waals surface area (Å²) in [5.41, 5.74) is 2.35. The van der Waals surface area contributed by atoms with Crippen LogP contribution in [0.15, 0.2) is 57.8 Å². The molecule has 0 radical (unpaired) electrons. The van der Waals surface area contributed by atoms with Crippen LogP contribution in [0.25, 0.3) is 10.9 Å². The van der Waals surface area contributed by atoms with Crippen molar-refractivity contribution >= 4 is 47.9 Å². The van der Waals surface area contributed by atoms with E-state index in [1.54, 1.807) is 11.0 Å². The van der Waals surface area contributed by atoms with Gasteiger partial charge in [-0.3, -0.25) is 4.79 Å². The maximum atomic E-state index is 12.6. The van der Waals surface area contributed by atoms with Crippen LogP contribution in [0, 0.1) is 0 Å². The molecular formula is C20H20BrN3O3Si. The number of benzene rings is 2. The molecule has 8 heteroatoms. The lowest BCUT2D eigenvalue weighted by Crippen LogP contribution is -2.45. The van der Waals surface area contributed by atoms with Crippen LogP contribution in [-0.4, -0.2) is 42.7 Å². The zero-order chi connectivity index (χ0) is 19.5. The van der Waals surface area contributed by atoms with E-state index in [0.29, 0.717) is 17.4 Å². The average Bonchev–Trinajstić information content (AvgIpc) is 3.14. The highest BCUT2D eigenvalue weighted by Crippen LogP contribution is 2.18. The van der Waals surface area contributed by atoms with Gasteiger partial charge in [0, 0.05) is 16.7 Å². The zero-order valence-electron chi connectivity index (χ0n) is 15.2. The van der Waals surface area contributed by atoms with Crippen LogP contribution < -0.4 is 11.0 Å². The third-order valence-electron chi connectivity index (χ3n) is 4.96. The molecule has 0 aliphatic carbocycles. The molecule has 6 nitrogen and oxygen atoms in total. The van der Waals surface area contributed by atoms with E-state index in [4.69, 9.17) is 4.74 Å². The van der Waals surface area contributed by atoms with Crippen molar-refractivity contribution in [3.8, 4) is 0 Å². The number of likely N-dealkylation sites (tertiary alicyclic amines) is 1. The normalized spacial score (nSPS) is 16.9. The molecule has 1 aliphatic rings. The summed E-state index contributed by atoms with van der Waals surface area (Å²) in [7, 11) is -0.984. The number of ether oxygens (including phenoxy) is 1. The Bertz CT molecular complexity index is 1060. The largest absolute Gasteiger partial charge is 0.445 e. The zero-order valence-corrected chi connectivity index (χ0v) is 18.2. The quantitative estimate of drug-likeness (QED) is 0.609. The first-order valence-electron chi connectivity index (χ1n) is 9.26. The SMILES string of the molecule is O=C(OCc1ccccc1)N1CCCC1[SiH2]c1nc2cc(Br)ccc2c(=O)[nH]1. The van der Waals surface area contributed by atoms with Crippen LogP contribution >= 0.6 is 15.9 Å². The molecule has 3 aromatic rings. The van der Waals surface area contributed by atoms with Gasteiger partial charge in [0.1, 0.15) is 16.1 Å². The summed E-state index contributed by atoms with van der Waals surface area (Å²) < 4.78 is 6.39. The number of fused-ring (bicyclic) bond motifs is 1. The number of hydrogen-bond donors (Lipinski definition) is 1. The molecule has 2 heterocycles. The van der Waals surface area contributed by atoms with Crippen molar-refractivity contribution in [2.75, 3.05) is 6.54 Å². The van der Waals surface area contributed by atoms with E-state index in [-0.39, 0.29) is 23.9 Å². The van der Waals surface area contributed by atoms with Gasteiger partial charge in [-0.15, -0.1) is 0 Å². The smallest absolute Gasteiger partial charge is 0.410 e. The van der Waals surface area contributed by atoms with Crippen LogP contribution in [0.1, 0.15) is 18.4 Å². The minimum Gasteiger partial charge on any atom is -0.445 e. The predicted molar refractivity (Wildman–Crippen MR) is 115 cm³/mol. The molecule has 28 heavy (non-hydrogen) atoms. The summed E-state index contributed by atoms with van der Waals surface area (Å²) >= 11 is 3.42. The van der Waals surface area contributed by atoms with Gasteiger partial charge in [0.05, 0.1) is 16.4 Å². The molecule has 1 saturated heterocycles. The number of carbonyl (C=O) groups is 1. The molecule has 2 aromatic carbocycles. The first kappa shape index (κ1) is 18.9. The molecule has 0 bridgehead atoms. The number of H-pyrrole nitrogens is 1. The molecule has 0 spiro atoms. The van der Waals surface area contributed by atoms with E-state index in [2.05, 4.69) is 25.9 Å². The average molecular weight is 458 g/mol. The number of halogens is 1. The second-order valence-electron chi connectivity index (χ2n) is 6.91. The third kappa shape index (κ3) is 4.17. The van der Waals surface area contributed by atoms with Gasteiger partial charge in [-0.25, -0.2) is 9.78 Å². The molecule has 1 fully saturated rings. The first-order valence-corrected chi connectivity index (χ1v) is 11.6. The Kier molecular flexibility index (Phi) is 5.58. The molecule has 0 saturated carbocycles. The van der Waals surface area contributed by atoms with E-state index < -0.39 is 9.52 Å². The summed E-state index contributed by atoms with van der Waals surface area (Å²) in [5, 5.41) is 0.575. The topological polar surface area (TPSA) is 75.3 Å². The molecule has 1 atom stereocenters. The maximum Gasteiger partial charge on any atom is 0.410 e. The number of nitrogens with one attached hydrogen (secondary N) is 1. The van der Waals surface area contributed by atoms with E-state index in [9.17, 15) is 9.59 Å². The minimum absolute atomic E-state index is 0.107. The van der Waals surface area contributed by atoms with Gasteiger partial charge in [0.2, 0.25) is 0 Å². The fourth-order valence-corrected chi connectivity index (χ4v) is 5.94. The Morgan fingerprint density at radius 1 is 1.29 bits per heavy atom. The Morgan fingerprint density at radius 3 is 2.93 bits per heavy atom. The number of nitrogens with zero attached hydrogens (tertiary/aromatic N) is 2. The molecular weight excluding hydrogens is 438 g/mol. The van der Waals surface area contributed by atoms with Crippen LogP contribution in [0.5, 0.6) is 0 Å². The van der Waals surface area contributed by atoms with Crippen molar-refractivity contribution in [2.45, 2.75) is 25.1 Å². The second-order valence-corrected chi connectivity index (χ2v) is 9.84. The molecule has 1 unspecified atom stereocenters. The van der Waals surface area contributed by atoms with Crippen molar-refractivity contribution < 1.29 is 9.53 Å². The van der Waals surface area contributed by atoms with Gasteiger partial charge in [-0.1, -0.05) is 46.3 Å². The first-order chi connectivity index (χ1) is 13.6. The van der Waals surface area contributed by atoms with Gasteiger partial charge in [-0.05, 0) is 36.6 Å². The predicted octanol–water partition coefficient (Wildman–Crippen LogP) is 2.24. The van der Waals surface area contributed by atoms with E-state index in [0.717, 1.165) is 28.3 Å². The van der Waals surface area contributed by atoms with Crippen LogP contribution in [0.3, 0.4) is 0 Å². The Balaban J connectivity index is 1.47. The Labute approximate surface area is 172 Å². The second kappa shape index (κ2) is 8.28. The summed E-state index contributed by atoms with van der Waals surface area (Å²) in [6.45, 7) is 0.957. The highest BCUT2D eigenvalue weighted by molar-refractivity contribution is 9.10. The third-order valence-corrected chi connectivity index (χ3v) is 7.50. The van der Waals surface area contributed by atoms with E-state index in [1.165, 1.54) is 0 Å². The van der Waals surface area contributed by atoms with Crippen LogP contribution in [0.4, 0.5) is 4.79 Å². The molecule has 1 aromatic heterocycles.